The van der Waals surface area contributed by atoms with E-state index in [1.165, 1.54) is 13.2 Å². The van der Waals surface area contributed by atoms with E-state index in [1.54, 1.807) is 24.4 Å². The molecule has 0 aliphatic rings. The van der Waals surface area contributed by atoms with Gasteiger partial charge < -0.3 is 4.74 Å². The molecule has 0 atom stereocenters. The zero-order chi connectivity index (χ0) is 12.3. The van der Waals surface area contributed by atoms with Gasteiger partial charge in [0.05, 0.1) is 16.5 Å². The number of halogens is 2. The van der Waals surface area contributed by atoms with Crippen LogP contribution in [0.5, 0.6) is 5.88 Å². The fourth-order valence-electron chi connectivity index (χ4n) is 1.15. The molecule has 0 fully saturated rings. The molecule has 2 rings (SSSR count). The zero-order valence-electron chi connectivity index (χ0n) is 8.85. The Kier molecular flexibility index (Phi) is 3.96. The van der Waals surface area contributed by atoms with Gasteiger partial charge in [0.15, 0.2) is 5.16 Å². The minimum absolute atomic E-state index is 0.289. The van der Waals surface area contributed by atoms with Gasteiger partial charge in [-0.1, -0.05) is 12.1 Å². The Hall–Kier alpha value is -1.14. The summed E-state index contributed by atoms with van der Waals surface area (Å²) in [6.07, 6.45) is 1.58. The molecule has 0 N–H and O–H groups in total. The van der Waals surface area contributed by atoms with Gasteiger partial charge in [-0.2, -0.15) is 4.98 Å². The molecule has 0 saturated heterocycles. The maximum Gasteiger partial charge on any atom is 0.231 e. The highest BCUT2D eigenvalue weighted by molar-refractivity contribution is 9.10. The van der Waals surface area contributed by atoms with E-state index >= 15 is 0 Å². The third kappa shape index (κ3) is 2.95. The van der Waals surface area contributed by atoms with Gasteiger partial charge in [0.1, 0.15) is 5.82 Å². The lowest BCUT2D eigenvalue weighted by molar-refractivity contribution is 0.389. The topological polar surface area (TPSA) is 35.0 Å². The third-order valence-corrected chi connectivity index (χ3v) is 3.40. The molecule has 1 aromatic heterocycles. The van der Waals surface area contributed by atoms with Crippen LogP contribution in [-0.4, -0.2) is 17.1 Å². The first kappa shape index (κ1) is 12.3. The van der Waals surface area contributed by atoms with Crippen molar-refractivity contribution in [2.24, 2.45) is 0 Å². The van der Waals surface area contributed by atoms with Crippen molar-refractivity contribution in [2.75, 3.05) is 7.11 Å². The molecule has 1 heterocycles. The molecule has 0 saturated carbocycles. The molecule has 3 nitrogen and oxygen atoms in total. The molecule has 0 bridgehead atoms. The minimum atomic E-state index is -0.289. The Bertz CT molecular complexity index is 539. The van der Waals surface area contributed by atoms with Crippen molar-refractivity contribution in [2.45, 2.75) is 10.1 Å². The molecule has 0 aliphatic carbocycles. The summed E-state index contributed by atoms with van der Waals surface area (Å²) in [7, 11) is 1.52. The van der Waals surface area contributed by atoms with Gasteiger partial charge in [-0.25, -0.2) is 9.37 Å². The number of ether oxygens (including phenoxy) is 1. The van der Waals surface area contributed by atoms with E-state index in [0.717, 1.165) is 11.8 Å². The van der Waals surface area contributed by atoms with Crippen LogP contribution in [-0.2, 0) is 0 Å². The molecule has 0 aliphatic heterocycles. The van der Waals surface area contributed by atoms with E-state index in [0.29, 0.717) is 20.4 Å². The fourth-order valence-corrected chi connectivity index (χ4v) is 2.25. The molecule has 0 spiro atoms. The summed E-state index contributed by atoms with van der Waals surface area (Å²) >= 11 is 4.41. The first-order valence-corrected chi connectivity index (χ1v) is 6.30. The standard InChI is InChI=1S/C11H8BrFN2OS/c1-16-10-7(12)6-14-11(15-10)17-9-5-3-2-4-8(9)13/h2-6H,1H3. The molecule has 6 heteroatoms. The van der Waals surface area contributed by atoms with Crippen molar-refractivity contribution in [3.05, 3.63) is 40.8 Å². The highest BCUT2D eigenvalue weighted by atomic mass is 79.9. The van der Waals surface area contributed by atoms with Gasteiger partial charge in [-0.05, 0) is 39.8 Å². The van der Waals surface area contributed by atoms with E-state index in [4.69, 9.17) is 4.74 Å². The Morgan fingerprint density at radius 1 is 1.35 bits per heavy atom. The second-order valence-electron chi connectivity index (χ2n) is 3.04. The molecule has 88 valence electrons. The highest BCUT2D eigenvalue weighted by Crippen LogP contribution is 2.30. The average Bonchev–Trinajstić information content (AvgIpc) is 2.34. The van der Waals surface area contributed by atoms with Crippen molar-refractivity contribution >= 4 is 27.7 Å². The van der Waals surface area contributed by atoms with Crippen LogP contribution in [0, 0.1) is 5.82 Å². The van der Waals surface area contributed by atoms with Crippen molar-refractivity contribution in [1.82, 2.24) is 9.97 Å². The van der Waals surface area contributed by atoms with E-state index in [1.807, 2.05) is 0 Å². The molecular weight excluding hydrogens is 307 g/mol. The van der Waals surface area contributed by atoms with E-state index in [-0.39, 0.29) is 5.82 Å². The molecule has 17 heavy (non-hydrogen) atoms. The maximum absolute atomic E-state index is 13.4. The number of hydrogen-bond donors (Lipinski definition) is 0. The predicted octanol–water partition coefficient (Wildman–Crippen LogP) is 3.54. The second kappa shape index (κ2) is 5.46. The normalized spacial score (nSPS) is 10.3. The second-order valence-corrected chi connectivity index (χ2v) is 4.91. The Labute approximate surface area is 111 Å². The average molecular weight is 315 g/mol. The van der Waals surface area contributed by atoms with Crippen LogP contribution in [0.15, 0.2) is 45.0 Å². The lowest BCUT2D eigenvalue weighted by Gasteiger charge is -2.04. The van der Waals surface area contributed by atoms with Crippen LogP contribution in [0.2, 0.25) is 0 Å². The predicted molar refractivity (Wildman–Crippen MR) is 66.8 cm³/mol. The number of rotatable bonds is 3. The Morgan fingerprint density at radius 2 is 2.12 bits per heavy atom. The van der Waals surface area contributed by atoms with E-state index in [2.05, 4.69) is 25.9 Å². The third-order valence-electron chi connectivity index (χ3n) is 1.92. The minimum Gasteiger partial charge on any atom is -0.480 e. The van der Waals surface area contributed by atoms with Gasteiger partial charge >= 0.3 is 0 Å². The molecule has 0 radical (unpaired) electrons. The van der Waals surface area contributed by atoms with Gasteiger partial charge in [0.25, 0.3) is 0 Å². The summed E-state index contributed by atoms with van der Waals surface area (Å²) < 4.78 is 19.1. The summed E-state index contributed by atoms with van der Waals surface area (Å²) in [5, 5.41) is 0.440. The van der Waals surface area contributed by atoms with Gasteiger partial charge in [0, 0.05) is 6.20 Å². The monoisotopic (exact) mass is 314 g/mol. The number of methoxy groups -OCH3 is 1. The van der Waals surface area contributed by atoms with Crippen LogP contribution in [0.25, 0.3) is 0 Å². The summed E-state index contributed by atoms with van der Waals surface area (Å²) in [5.74, 6) is 0.141. The number of nitrogens with zero attached hydrogens (tertiary/aromatic N) is 2. The molecule has 0 unspecified atom stereocenters. The number of benzene rings is 1. The largest absolute Gasteiger partial charge is 0.480 e. The highest BCUT2D eigenvalue weighted by Gasteiger charge is 2.09. The van der Waals surface area contributed by atoms with E-state index < -0.39 is 0 Å². The first-order valence-electron chi connectivity index (χ1n) is 4.69. The van der Waals surface area contributed by atoms with Crippen molar-refractivity contribution in [3.63, 3.8) is 0 Å². The van der Waals surface area contributed by atoms with E-state index in [9.17, 15) is 4.39 Å². The van der Waals surface area contributed by atoms with Crippen LogP contribution < -0.4 is 4.74 Å². The molecule has 0 amide bonds. The van der Waals surface area contributed by atoms with Crippen molar-refractivity contribution in [1.29, 1.82) is 0 Å². The molecule has 1 aromatic carbocycles. The SMILES string of the molecule is COc1nc(Sc2ccccc2F)ncc1Br. The number of hydrogen-bond acceptors (Lipinski definition) is 4. The summed E-state index contributed by atoms with van der Waals surface area (Å²) in [4.78, 5) is 8.71. The van der Waals surface area contributed by atoms with Crippen molar-refractivity contribution < 1.29 is 9.13 Å². The summed E-state index contributed by atoms with van der Waals surface area (Å²) in [5.41, 5.74) is 0. The molecule has 2 aromatic rings. The lowest BCUT2D eigenvalue weighted by atomic mass is 10.4. The Morgan fingerprint density at radius 3 is 2.82 bits per heavy atom. The fraction of sp³-hybridized carbons (Fsp3) is 0.0909. The quantitative estimate of drug-likeness (QED) is 0.812. The van der Waals surface area contributed by atoms with Crippen LogP contribution in [0.3, 0.4) is 0 Å². The first-order chi connectivity index (χ1) is 8.20. The molecular formula is C11H8BrFN2OS. The maximum atomic E-state index is 13.4. The lowest BCUT2D eigenvalue weighted by Crippen LogP contribution is -1.93. The van der Waals surface area contributed by atoms with Crippen molar-refractivity contribution in [3.8, 4) is 5.88 Å². The van der Waals surface area contributed by atoms with Crippen LogP contribution in [0.1, 0.15) is 0 Å². The van der Waals surface area contributed by atoms with Gasteiger partial charge in [-0.15, -0.1) is 0 Å². The summed E-state index contributed by atoms with van der Waals surface area (Å²) in [6, 6.07) is 6.49. The van der Waals surface area contributed by atoms with Crippen LogP contribution >= 0.6 is 27.7 Å². The Balaban J connectivity index is 2.28. The summed E-state index contributed by atoms with van der Waals surface area (Å²) in [6.45, 7) is 0. The van der Waals surface area contributed by atoms with Crippen LogP contribution in [0.4, 0.5) is 4.39 Å². The van der Waals surface area contributed by atoms with Gasteiger partial charge in [-0.3, -0.25) is 0 Å². The zero-order valence-corrected chi connectivity index (χ0v) is 11.3. The number of aromatic nitrogens is 2. The van der Waals surface area contributed by atoms with Gasteiger partial charge in [0.2, 0.25) is 5.88 Å². The smallest absolute Gasteiger partial charge is 0.231 e.